The van der Waals surface area contributed by atoms with E-state index in [1.54, 1.807) is 50.5 Å². The first-order chi connectivity index (χ1) is 9.69. The van der Waals surface area contributed by atoms with Crippen molar-refractivity contribution in [3.05, 3.63) is 70.6 Å². The Morgan fingerprint density at radius 1 is 0.810 bits per heavy atom. The molecule has 0 aliphatic carbocycles. The van der Waals surface area contributed by atoms with E-state index < -0.39 is 0 Å². The normalized spacial score (nSPS) is 11.0. The Balaban J connectivity index is 0.000000364. The van der Waals surface area contributed by atoms with Crippen LogP contribution in [0.15, 0.2) is 59.1 Å². The fraction of sp³-hybridized carbons (Fsp3) is 0.143. The van der Waals surface area contributed by atoms with Crippen LogP contribution >= 0.6 is 0 Å². The van der Waals surface area contributed by atoms with Gasteiger partial charge in [0.1, 0.15) is 0 Å². The van der Waals surface area contributed by atoms with Crippen LogP contribution in [-0.4, -0.2) is 21.4 Å². The molecule has 0 aromatic carbocycles. The largest absolute Gasteiger partial charge is 2.00 e. The summed E-state index contributed by atoms with van der Waals surface area (Å²) in [6.45, 7) is 3.27. The van der Waals surface area contributed by atoms with E-state index in [4.69, 9.17) is 0 Å². The van der Waals surface area contributed by atoms with Crippen molar-refractivity contribution in [2.75, 3.05) is 0 Å². The molecule has 21 heavy (non-hydrogen) atoms. The number of nitrogens with zero attached hydrogens (tertiary/aromatic N) is 4. The van der Waals surface area contributed by atoms with Crippen LogP contribution in [0.1, 0.15) is 25.2 Å². The topological polar surface area (TPSA) is 96.6 Å². The SMILES string of the molecule is C/C(=N/[O-])c1ccccn1.C/C(=N/[O-])c1ccccn1.[Mn+2]. The van der Waals surface area contributed by atoms with E-state index >= 15 is 0 Å². The van der Waals surface area contributed by atoms with Gasteiger partial charge in [0.15, 0.2) is 0 Å². The summed E-state index contributed by atoms with van der Waals surface area (Å²) in [5.41, 5.74) is 2.11. The summed E-state index contributed by atoms with van der Waals surface area (Å²) in [4.78, 5) is 7.84. The number of rotatable bonds is 2. The van der Waals surface area contributed by atoms with E-state index in [0.29, 0.717) is 22.8 Å². The maximum absolute atomic E-state index is 9.98. The number of hydrogen-bond acceptors (Lipinski definition) is 6. The molecule has 2 aromatic rings. The molecule has 7 heteroatoms. The van der Waals surface area contributed by atoms with Crippen molar-refractivity contribution in [1.29, 1.82) is 0 Å². The summed E-state index contributed by atoms with van der Waals surface area (Å²) in [6, 6.07) is 10.7. The first-order valence-corrected chi connectivity index (χ1v) is 5.85. The summed E-state index contributed by atoms with van der Waals surface area (Å²) < 4.78 is 0. The Hall–Kier alpha value is -2.24. The zero-order valence-electron chi connectivity index (χ0n) is 11.6. The van der Waals surface area contributed by atoms with Gasteiger partial charge in [0.25, 0.3) is 0 Å². The fourth-order valence-corrected chi connectivity index (χ4v) is 1.25. The number of aromatic nitrogens is 2. The van der Waals surface area contributed by atoms with Gasteiger partial charge in [-0.1, -0.05) is 12.1 Å². The molecule has 2 aromatic heterocycles. The van der Waals surface area contributed by atoms with Gasteiger partial charge in [-0.15, -0.1) is 0 Å². The molecule has 0 saturated heterocycles. The zero-order chi connectivity index (χ0) is 14.8. The molecule has 0 amide bonds. The van der Waals surface area contributed by atoms with Gasteiger partial charge in [-0.05, 0) is 38.1 Å². The average Bonchev–Trinajstić information content (AvgIpc) is 2.55. The van der Waals surface area contributed by atoms with E-state index in [1.807, 2.05) is 12.1 Å². The molecule has 6 nitrogen and oxygen atoms in total. The standard InChI is InChI=1S/2C7H8N2O.Mn/c2*1-6(9-10)7-4-2-3-5-8-7;/h2*2-5,10H,1H3;/q;;+2/p-2/b2*9-6-;. The van der Waals surface area contributed by atoms with E-state index in [-0.39, 0.29) is 17.1 Å². The minimum Gasteiger partial charge on any atom is -0.792 e. The maximum Gasteiger partial charge on any atom is 2.00 e. The molecule has 0 saturated carbocycles. The van der Waals surface area contributed by atoms with Gasteiger partial charge in [0, 0.05) is 12.4 Å². The van der Waals surface area contributed by atoms with Gasteiger partial charge >= 0.3 is 17.1 Å². The Morgan fingerprint density at radius 3 is 1.43 bits per heavy atom. The maximum atomic E-state index is 9.98. The molecule has 0 aliphatic heterocycles. The molecular formula is C14H14MnN4O2. The predicted molar refractivity (Wildman–Crippen MR) is 79.6 cm³/mol. The van der Waals surface area contributed by atoms with Crippen LogP contribution in [-0.2, 0) is 17.1 Å². The molecule has 0 aliphatic rings. The van der Waals surface area contributed by atoms with Crippen LogP contribution in [0.5, 0.6) is 0 Å². The third kappa shape index (κ3) is 6.65. The van der Waals surface area contributed by atoms with Gasteiger partial charge < -0.3 is 20.7 Å². The fourth-order valence-electron chi connectivity index (χ4n) is 1.25. The molecule has 1 radical (unpaired) electrons. The second kappa shape index (κ2) is 10.5. The summed E-state index contributed by atoms with van der Waals surface area (Å²) in [5.74, 6) is 0. The predicted octanol–water partition coefficient (Wildman–Crippen LogP) is 2.77. The smallest absolute Gasteiger partial charge is 0.792 e. The first kappa shape index (κ1) is 18.8. The van der Waals surface area contributed by atoms with Crippen molar-refractivity contribution >= 4 is 11.4 Å². The number of hydrogen-bond donors (Lipinski definition) is 0. The summed E-state index contributed by atoms with van der Waals surface area (Å²) in [7, 11) is 0. The van der Waals surface area contributed by atoms with Crippen molar-refractivity contribution in [2.24, 2.45) is 10.3 Å². The monoisotopic (exact) mass is 325 g/mol. The van der Waals surface area contributed by atoms with Crippen LogP contribution in [0.2, 0.25) is 0 Å². The third-order valence-electron chi connectivity index (χ3n) is 2.35. The molecule has 2 rings (SSSR count). The molecule has 0 atom stereocenters. The molecular weight excluding hydrogens is 311 g/mol. The van der Waals surface area contributed by atoms with E-state index in [9.17, 15) is 10.4 Å². The Morgan fingerprint density at radius 2 is 1.19 bits per heavy atom. The van der Waals surface area contributed by atoms with Crippen molar-refractivity contribution < 1.29 is 17.1 Å². The minimum absolute atomic E-state index is 0. The number of pyridine rings is 2. The van der Waals surface area contributed by atoms with Crippen LogP contribution in [0, 0.1) is 10.4 Å². The van der Waals surface area contributed by atoms with Crippen molar-refractivity contribution in [3.8, 4) is 0 Å². The quantitative estimate of drug-likeness (QED) is 0.482. The molecule has 0 spiro atoms. The van der Waals surface area contributed by atoms with Crippen LogP contribution in [0.3, 0.4) is 0 Å². The molecule has 0 N–H and O–H groups in total. The molecule has 0 bridgehead atoms. The van der Waals surface area contributed by atoms with E-state index in [1.165, 1.54) is 0 Å². The van der Waals surface area contributed by atoms with Crippen LogP contribution < -0.4 is 0 Å². The minimum atomic E-state index is 0. The third-order valence-corrected chi connectivity index (χ3v) is 2.35. The summed E-state index contributed by atoms with van der Waals surface area (Å²) in [6.07, 6.45) is 3.26. The Kier molecular flexibility index (Phi) is 9.41. The van der Waals surface area contributed by atoms with Crippen molar-refractivity contribution in [2.45, 2.75) is 13.8 Å². The zero-order valence-corrected chi connectivity index (χ0v) is 12.8. The summed E-state index contributed by atoms with van der Waals surface area (Å²) >= 11 is 0. The average molecular weight is 325 g/mol. The summed E-state index contributed by atoms with van der Waals surface area (Å²) in [5, 5.41) is 25.5. The molecule has 109 valence electrons. The van der Waals surface area contributed by atoms with Crippen molar-refractivity contribution in [1.82, 2.24) is 9.97 Å². The second-order valence-electron chi connectivity index (χ2n) is 3.78. The van der Waals surface area contributed by atoms with Gasteiger partial charge in [0.05, 0.1) is 22.8 Å². The van der Waals surface area contributed by atoms with Crippen LogP contribution in [0.4, 0.5) is 0 Å². The van der Waals surface area contributed by atoms with Crippen LogP contribution in [0.25, 0.3) is 0 Å². The van der Waals surface area contributed by atoms with Gasteiger partial charge in [-0.25, -0.2) is 0 Å². The molecule has 2 heterocycles. The van der Waals surface area contributed by atoms with Gasteiger partial charge in [-0.2, -0.15) is 0 Å². The molecule has 0 unspecified atom stereocenters. The first-order valence-electron chi connectivity index (χ1n) is 5.85. The second-order valence-corrected chi connectivity index (χ2v) is 3.78. The molecule has 0 fully saturated rings. The van der Waals surface area contributed by atoms with E-state index in [2.05, 4.69) is 20.3 Å². The van der Waals surface area contributed by atoms with Crippen molar-refractivity contribution in [3.63, 3.8) is 0 Å². The Labute approximate surface area is 133 Å². The van der Waals surface area contributed by atoms with Gasteiger partial charge in [-0.3, -0.25) is 9.97 Å². The van der Waals surface area contributed by atoms with Gasteiger partial charge in [0.2, 0.25) is 0 Å². The Bertz CT molecular complexity index is 521. The van der Waals surface area contributed by atoms with E-state index in [0.717, 1.165) is 0 Å².